The summed E-state index contributed by atoms with van der Waals surface area (Å²) in [6, 6.07) is 0. The Morgan fingerprint density at radius 1 is 1.14 bits per heavy atom. The first kappa shape index (κ1) is 15.8. The fourth-order valence-electron chi connectivity index (χ4n) is 4.67. The number of likely N-dealkylation sites (tertiary alicyclic amines) is 2. The first-order chi connectivity index (χ1) is 10.6. The Bertz CT molecular complexity index is 434. The predicted molar refractivity (Wildman–Crippen MR) is 83.5 cm³/mol. The van der Waals surface area contributed by atoms with Crippen molar-refractivity contribution in [2.75, 3.05) is 32.7 Å². The average molecular weight is 308 g/mol. The minimum atomic E-state index is -0.792. The van der Waals surface area contributed by atoms with Gasteiger partial charge in [-0.2, -0.15) is 0 Å². The fourth-order valence-corrected chi connectivity index (χ4v) is 4.67. The van der Waals surface area contributed by atoms with Gasteiger partial charge in [-0.3, -0.25) is 14.5 Å². The summed E-state index contributed by atoms with van der Waals surface area (Å²) in [5.41, 5.74) is -0.289. The van der Waals surface area contributed by atoms with Crippen LogP contribution in [-0.2, 0) is 9.59 Å². The van der Waals surface area contributed by atoms with E-state index in [-0.39, 0.29) is 12.0 Å². The van der Waals surface area contributed by atoms with Crippen molar-refractivity contribution in [1.29, 1.82) is 0 Å². The number of carboxylic acid groups (broad SMARTS) is 1. The number of amides is 1. The normalized spacial score (nSPS) is 31.1. The zero-order chi connectivity index (χ0) is 15.6. The van der Waals surface area contributed by atoms with Crippen molar-refractivity contribution in [3.05, 3.63) is 0 Å². The largest absolute Gasteiger partial charge is 0.480 e. The van der Waals surface area contributed by atoms with Crippen molar-refractivity contribution in [2.24, 2.45) is 11.3 Å². The van der Waals surface area contributed by atoms with Crippen LogP contribution >= 0.6 is 0 Å². The summed E-state index contributed by atoms with van der Waals surface area (Å²) >= 11 is 0. The molecular formula is C17H28N2O3. The van der Waals surface area contributed by atoms with Gasteiger partial charge in [0.2, 0.25) is 5.91 Å². The van der Waals surface area contributed by atoms with Gasteiger partial charge >= 0.3 is 5.97 Å². The topological polar surface area (TPSA) is 60.9 Å². The van der Waals surface area contributed by atoms with Gasteiger partial charge in [0.15, 0.2) is 0 Å². The van der Waals surface area contributed by atoms with E-state index in [0.717, 1.165) is 38.9 Å². The van der Waals surface area contributed by atoms with Crippen molar-refractivity contribution in [3.63, 3.8) is 0 Å². The molecular weight excluding hydrogens is 280 g/mol. The van der Waals surface area contributed by atoms with Crippen molar-refractivity contribution in [2.45, 2.75) is 51.4 Å². The quantitative estimate of drug-likeness (QED) is 0.862. The molecule has 3 rings (SSSR count). The fraction of sp³-hybridized carbons (Fsp3) is 0.882. The highest BCUT2D eigenvalue weighted by Gasteiger charge is 2.48. The van der Waals surface area contributed by atoms with E-state index >= 15 is 0 Å². The molecule has 2 saturated heterocycles. The maximum Gasteiger partial charge on any atom is 0.317 e. The van der Waals surface area contributed by atoms with Gasteiger partial charge in [-0.25, -0.2) is 0 Å². The molecule has 1 unspecified atom stereocenters. The monoisotopic (exact) mass is 308 g/mol. The molecule has 0 aromatic rings. The molecule has 124 valence electrons. The van der Waals surface area contributed by atoms with Crippen LogP contribution in [0.2, 0.25) is 0 Å². The van der Waals surface area contributed by atoms with E-state index in [4.69, 9.17) is 5.11 Å². The van der Waals surface area contributed by atoms with Gasteiger partial charge in [0, 0.05) is 19.6 Å². The second kappa shape index (κ2) is 6.57. The van der Waals surface area contributed by atoms with Gasteiger partial charge in [0.25, 0.3) is 0 Å². The maximum absolute atomic E-state index is 13.0. The van der Waals surface area contributed by atoms with E-state index in [1.807, 2.05) is 4.90 Å². The zero-order valence-electron chi connectivity index (χ0n) is 13.4. The third-order valence-electron chi connectivity index (χ3n) is 5.82. The summed E-state index contributed by atoms with van der Waals surface area (Å²) in [4.78, 5) is 27.9. The molecule has 22 heavy (non-hydrogen) atoms. The number of nitrogens with zero attached hydrogens (tertiary/aromatic N) is 2. The van der Waals surface area contributed by atoms with Crippen molar-refractivity contribution in [3.8, 4) is 0 Å². The molecule has 5 heteroatoms. The predicted octanol–water partition coefficient (Wildman–Crippen LogP) is 1.97. The SMILES string of the molecule is O=C(O)CN1CCC2(CCCN(CC3CCCCC3)C2=O)C1. The minimum Gasteiger partial charge on any atom is -0.480 e. The van der Waals surface area contributed by atoms with Crippen LogP contribution in [0.5, 0.6) is 0 Å². The highest BCUT2D eigenvalue weighted by molar-refractivity contribution is 5.84. The second-order valence-corrected chi connectivity index (χ2v) is 7.49. The highest BCUT2D eigenvalue weighted by Crippen LogP contribution is 2.40. The molecule has 3 aliphatic rings. The third-order valence-corrected chi connectivity index (χ3v) is 5.82. The lowest BCUT2D eigenvalue weighted by Crippen LogP contribution is -2.51. The van der Waals surface area contributed by atoms with Crippen molar-refractivity contribution >= 4 is 11.9 Å². The summed E-state index contributed by atoms with van der Waals surface area (Å²) < 4.78 is 0. The van der Waals surface area contributed by atoms with E-state index in [2.05, 4.69) is 4.90 Å². The van der Waals surface area contributed by atoms with Crippen LogP contribution in [-0.4, -0.2) is 59.5 Å². The highest BCUT2D eigenvalue weighted by atomic mass is 16.4. The lowest BCUT2D eigenvalue weighted by Gasteiger charge is -2.41. The summed E-state index contributed by atoms with van der Waals surface area (Å²) in [7, 11) is 0. The Morgan fingerprint density at radius 3 is 2.64 bits per heavy atom. The molecule has 2 heterocycles. The van der Waals surface area contributed by atoms with Crippen LogP contribution in [0.3, 0.4) is 0 Å². The van der Waals surface area contributed by atoms with Gasteiger partial charge in [0.05, 0.1) is 12.0 Å². The van der Waals surface area contributed by atoms with E-state index in [1.165, 1.54) is 32.1 Å². The standard InChI is InChI=1S/C17H28N2O3/c20-15(21)12-18-10-8-17(13-18)7-4-9-19(16(17)22)11-14-5-2-1-3-6-14/h14H,1-13H2,(H,20,21). The lowest BCUT2D eigenvalue weighted by molar-refractivity contribution is -0.147. The van der Waals surface area contributed by atoms with Gasteiger partial charge in [-0.15, -0.1) is 0 Å². The number of hydrogen-bond acceptors (Lipinski definition) is 3. The number of aliphatic carboxylic acids is 1. The number of piperidine rings is 1. The van der Waals surface area contributed by atoms with E-state index in [0.29, 0.717) is 18.4 Å². The molecule has 2 aliphatic heterocycles. The van der Waals surface area contributed by atoms with Gasteiger partial charge in [0.1, 0.15) is 0 Å². The first-order valence-electron chi connectivity index (χ1n) is 8.83. The number of carboxylic acids is 1. The molecule has 0 bridgehead atoms. The Labute approximate surface area is 132 Å². The number of hydrogen-bond donors (Lipinski definition) is 1. The summed E-state index contributed by atoms with van der Waals surface area (Å²) in [5, 5.41) is 8.96. The van der Waals surface area contributed by atoms with Crippen LogP contribution in [0, 0.1) is 11.3 Å². The van der Waals surface area contributed by atoms with Crippen molar-refractivity contribution < 1.29 is 14.7 Å². The molecule has 3 fully saturated rings. The summed E-state index contributed by atoms with van der Waals surface area (Å²) in [6.45, 7) is 3.28. The minimum absolute atomic E-state index is 0.0671. The molecule has 1 spiro atoms. The summed E-state index contributed by atoms with van der Waals surface area (Å²) in [6.07, 6.45) is 9.33. The molecule has 1 amide bonds. The first-order valence-corrected chi connectivity index (χ1v) is 8.83. The Hall–Kier alpha value is -1.10. The Morgan fingerprint density at radius 2 is 1.91 bits per heavy atom. The average Bonchev–Trinajstić information content (AvgIpc) is 2.88. The van der Waals surface area contributed by atoms with E-state index in [9.17, 15) is 9.59 Å². The van der Waals surface area contributed by atoms with E-state index in [1.54, 1.807) is 0 Å². The summed E-state index contributed by atoms with van der Waals surface area (Å²) in [5.74, 6) is 0.195. The molecule has 1 aliphatic carbocycles. The smallest absolute Gasteiger partial charge is 0.317 e. The van der Waals surface area contributed by atoms with Crippen LogP contribution < -0.4 is 0 Å². The molecule has 1 saturated carbocycles. The Kier molecular flexibility index (Phi) is 4.71. The molecule has 0 aromatic heterocycles. The Balaban J connectivity index is 1.61. The third kappa shape index (κ3) is 3.29. The lowest BCUT2D eigenvalue weighted by atomic mass is 9.77. The van der Waals surface area contributed by atoms with E-state index < -0.39 is 5.97 Å². The number of rotatable bonds is 4. The van der Waals surface area contributed by atoms with Crippen LogP contribution in [0.15, 0.2) is 0 Å². The second-order valence-electron chi connectivity index (χ2n) is 7.49. The van der Waals surface area contributed by atoms with Crippen LogP contribution in [0.1, 0.15) is 51.4 Å². The van der Waals surface area contributed by atoms with Crippen LogP contribution in [0.25, 0.3) is 0 Å². The molecule has 5 nitrogen and oxygen atoms in total. The molecule has 0 aromatic carbocycles. The van der Waals surface area contributed by atoms with Gasteiger partial charge < -0.3 is 10.0 Å². The maximum atomic E-state index is 13.0. The number of carbonyl (C=O) groups excluding carboxylic acids is 1. The zero-order valence-corrected chi connectivity index (χ0v) is 13.4. The van der Waals surface area contributed by atoms with Crippen molar-refractivity contribution in [1.82, 2.24) is 9.80 Å². The van der Waals surface area contributed by atoms with Crippen LogP contribution in [0.4, 0.5) is 0 Å². The van der Waals surface area contributed by atoms with Gasteiger partial charge in [-0.1, -0.05) is 19.3 Å². The molecule has 1 N–H and O–H groups in total. The van der Waals surface area contributed by atoms with Gasteiger partial charge in [-0.05, 0) is 44.6 Å². The molecule has 0 radical (unpaired) electrons. The molecule has 1 atom stereocenters. The number of carbonyl (C=O) groups is 2.